The Morgan fingerprint density at radius 3 is 2.44 bits per heavy atom. The molecular formula is C24H23N3O3S2. The first kappa shape index (κ1) is 22.1. The van der Waals surface area contributed by atoms with Gasteiger partial charge in [-0.2, -0.15) is 4.31 Å². The molecule has 4 aromatic rings. The van der Waals surface area contributed by atoms with Crippen molar-refractivity contribution in [1.29, 1.82) is 0 Å². The van der Waals surface area contributed by atoms with Crippen LogP contribution in [-0.4, -0.2) is 37.2 Å². The van der Waals surface area contributed by atoms with Gasteiger partial charge in [-0.05, 0) is 35.4 Å². The first-order valence-electron chi connectivity index (χ1n) is 10.1. The zero-order valence-electron chi connectivity index (χ0n) is 17.8. The van der Waals surface area contributed by atoms with E-state index in [1.807, 2.05) is 60.8 Å². The van der Waals surface area contributed by atoms with Gasteiger partial charge in [0.2, 0.25) is 15.9 Å². The molecule has 1 aromatic heterocycles. The highest BCUT2D eigenvalue weighted by Gasteiger charge is 2.23. The molecule has 0 aliphatic rings. The number of hydrogen-bond donors (Lipinski definition) is 1. The molecule has 8 heteroatoms. The Labute approximate surface area is 191 Å². The molecule has 1 amide bonds. The van der Waals surface area contributed by atoms with Crippen LogP contribution in [0.3, 0.4) is 0 Å². The van der Waals surface area contributed by atoms with Crippen LogP contribution in [0.25, 0.3) is 22.0 Å². The molecule has 0 saturated heterocycles. The van der Waals surface area contributed by atoms with E-state index in [1.54, 1.807) is 29.5 Å². The predicted octanol–water partition coefficient (Wildman–Crippen LogP) is 4.21. The molecule has 3 aromatic carbocycles. The van der Waals surface area contributed by atoms with E-state index < -0.39 is 10.0 Å². The van der Waals surface area contributed by atoms with E-state index in [4.69, 9.17) is 0 Å². The summed E-state index contributed by atoms with van der Waals surface area (Å²) in [7, 11) is -2.36. The lowest BCUT2D eigenvalue weighted by atomic mass is 10.1. The van der Waals surface area contributed by atoms with Crippen molar-refractivity contribution in [1.82, 2.24) is 14.6 Å². The van der Waals surface area contributed by atoms with Crippen LogP contribution in [0.1, 0.15) is 10.6 Å². The minimum absolute atomic E-state index is 0.166. The molecule has 164 valence electrons. The quantitative estimate of drug-likeness (QED) is 0.443. The van der Waals surface area contributed by atoms with Crippen molar-refractivity contribution in [3.05, 3.63) is 82.7 Å². The third-order valence-electron chi connectivity index (χ3n) is 5.15. The van der Waals surface area contributed by atoms with Gasteiger partial charge < -0.3 is 5.32 Å². The molecule has 4 rings (SSSR count). The molecule has 0 atom stereocenters. The molecule has 0 bridgehead atoms. The second-order valence-corrected chi connectivity index (χ2v) is 10.6. The Balaban J connectivity index is 1.36. The smallest absolute Gasteiger partial charge is 0.243 e. The Kier molecular flexibility index (Phi) is 6.36. The van der Waals surface area contributed by atoms with Crippen molar-refractivity contribution >= 4 is 38.0 Å². The zero-order chi connectivity index (χ0) is 22.7. The van der Waals surface area contributed by atoms with Crippen LogP contribution in [0.15, 0.2) is 77.0 Å². The third-order valence-corrected chi connectivity index (χ3v) is 7.73. The summed E-state index contributed by atoms with van der Waals surface area (Å²) in [6, 6.07) is 20.3. The van der Waals surface area contributed by atoms with Crippen molar-refractivity contribution in [2.24, 2.45) is 0 Å². The number of carbonyl (C=O) groups excluding carboxylic acids is 1. The van der Waals surface area contributed by atoms with Crippen molar-refractivity contribution in [2.45, 2.75) is 18.4 Å². The Bertz CT molecular complexity index is 1360. The Hall–Kier alpha value is -3.07. The van der Waals surface area contributed by atoms with E-state index in [0.29, 0.717) is 6.54 Å². The minimum Gasteiger partial charge on any atom is -0.351 e. The molecule has 0 aliphatic heterocycles. The fraction of sp³-hybridized carbons (Fsp3) is 0.167. The summed E-state index contributed by atoms with van der Waals surface area (Å²) in [5, 5.41) is 7.61. The first-order chi connectivity index (χ1) is 15.3. The van der Waals surface area contributed by atoms with Crippen molar-refractivity contribution < 1.29 is 13.2 Å². The van der Waals surface area contributed by atoms with Gasteiger partial charge in [-0.25, -0.2) is 13.4 Å². The third kappa shape index (κ3) is 4.88. The fourth-order valence-corrected chi connectivity index (χ4v) is 5.13. The molecule has 0 fully saturated rings. The number of sulfonamides is 1. The molecular weight excluding hydrogens is 442 g/mol. The number of nitrogens with zero attached hydrogens (tertiary/aromatic N) is 2. The average Bonchev–Trinajstić information content (AvgIpc) is 3.24. The van der Waals surface area contributed by atoms with E-state index in [1.165, 1.54) is 7.05 Å². The number of hydrogen-bond acceptors (Lipinski definition) is 5. The largest absolute Gasteiger partial charge is 0.351 e. The molecule has 32 heavy (non-hydrogen) atoms. The van der Waals surface area contributed by atoms with Crippen LogP contribution in [-0.2, 0) is 21.4 Å². The van der Waals surface area contributed by atoms with E-state index in [9.17, 15) is 13.2 Å². The maximum Gasteiger partial charge on any atom is 0.243 e. The number of nitrogens with one attached hydrogen (secondary N) is 1. The number of thiazole rings is 1. The van der Waals surface area contributed by atoms with Gasteiger partial charge in [0.1, 0.15) is 0 Å². The summed E-state index contributed by atoms with van der Waals surface area (Å²) in [6.07, 6.45) is 0. The van der Waals surface area contributed by atoms with Gasteiger partial charge in [0.15, 0.2) is 0 Å². The van der Waals surface area contributed by atoms with Crippen molar-refractivity contribution in [3.8, 4) is 11.3 Å². The second kappa shape index (κ2) is 9.20. The lowest BCUT2D eigenvalue weighted by Gasteiger charge is -2.17. The molecule has 1 heterocycles. The summed E-state index contributed by atoms with van der Waals surface area (Å²) < 4.78 is 26.9. The van der Waals surface area contributed by atoms with E-state index >= 15 is 0 Å². The summed E-state index contributed by atoms with van der Waals surface area (Å²) in [5.41, 5.74) is 2.88. The molecule has 0 aliphatic carbocycles. The van der Waals surface area contributed by atoms with Crippen LogP contribution >= 0.6 is 11.3 Å². The summed E-state index contributed by atoms with van der Waals surface area (Å²) in [6.45, 7) is 2.03. The first-order valence-corrected chi connectivity index (χ1v) is 12.4. The molecule has 6 nitrogen and oxygen atoms in total. The van der Waals surface area contributed by atoms with Crippen molar-refractivity contribution in [2.75, 3.05) is 13.6 Å². The SMILES string of the molecule is Cc1nc(-c2ccc(CNC(=O)CN(C)S(=O)(=O)c3ccc4ccccc4c3)cc2)cs1. The Morgan fingerprint density at radius 2 is 1.75 bits per heavy atom. The fourth-order valence-electron chi connectivity index (χ4n) is 3.34. The highest BCUT2D eigenvalue weighted by molar-refractivity contribution is 7.89. The number of carbonyl (C=O) groups is 1. The van der Waals surface area contributed by atoms with Crippen LogP contribution in [0, 0.1) is 6.92 Å². The van der Waals surface area contributed by atoms with Crippen LogP contribution in [0.4, 0.5) is 0 Å². The highest BCUT2D eigenvalue weighted by atomic mass is 32.2. The van der Waals surface area contributed by atoms with E-state index in [0.717, 1.165) is 36.9 Å². The van der Waals surface area contributed by atoms with Gasteiger partial charge in [-0.1, -0.05) is 54.6 Å². The maximum absolute atomic E-state index is 12.9. The van der Waals surface area contributed by atoms with E-state index in [-0.39, 0.29) is 17.3 Å². The molecule has 0 unspecified atom stereocenters. The molecule has 0 spiro atoms. The van der Waals surface area contributed by atoms with Gasteiger partial charge in [0.25, 0.3) is 0 Å². The normalized spacial score (nSPS) is 11.7. The summed E-state index contributed by atoms with van der Waals surface area (Å²) in [5.74, 6) is -0.365. The molecule has 0 radical (unpaired) electrons. The lowest BCUT2D eigenvalue weighted by Crippen LogP contribution is -2.38. The van der Waals surface area contributed by atoms with Gasteiger partial charge in [0.05, 0.1) is 22.1 Å². The highest BCUT2D eigenvalue weighted by Crippen LogP contribution is 2.22. The van der Waals surface area contributed by atoms with Crippen LogP contribution in [0.5, 0.6) is 0 Å². The standard InChI is InChI=1S/C24H23N3O3S2/c1-17-26-23(16-31-17)20-9-7-18(8-10-20)14-25-24(28)15-27(2)32(29,30)22-12-11-19-5-3-4-6-21(19)13-22/h3-13,16H,14-15H2,1-2H3,(H,25,28). The maximum atomic E-state index is 12.9. The zero-order valence-corrected chi connectivity index (χ0v) is 19.4. The van der Waals surface area contributed by atoms with Gasteiger partial charge in [0, 0.05) is 24.5 Å². The molecule has 1 N–H and O–H groups in total. The van der Waals surface area contributed by atoms with Gasteiger partial charge in [-0.3, -0.25) is 4.79 Å². The number of benzene rings is 3. The van der Waals surface area contributed by atoms with Crippen LogP contribution in [0.2, 0.25) is 0 Å². The molecule has 0 saturated carbocycles. The van der Waals surface area contributed by atoms with Crippen LogP contribution < -0.4 is 5.32 Å². The average molecular weight is 466 g/mol. The minimum atomic E-state index is -3.78. The lowest BCUT2D eigenvalue weighted by molar-refractivity contribution is -0.121. The number of aromatic nitrogens is 1. The number of amides is 1. The Morgan fingerprint density at radius 1 is 1.03 bits per heavy atom. The number of likely N-dealkylation sites (N-methyl/N-ethyl adjacent to an activating group) is 1. The van der Waals surface area contributed by atoms with Crippen molar-refractivity contribution in [3.63, 3.8) is 0 Å². The van der Waals surface area contributed by atoms with Gasteiger partial charge in [-0.15, -0.1) is 11.3 Å². The number of aryl methyl sites for hydroxylation is 1. The summed E-state index contributed by atoms with van der Waals surface area (Å²) >= 11 is 1.60. The monoisotopic (exact) mass is 465 g/mol. The second-order valence-electron chi connectivity index (χ2n) is 7.50. The summed E-state index contributed by atoms with van der Waals surface area (Å²) in [4.78, 5) is 17.0. The van der Waals surface area contributed by atoms with Gasteiger partial charge >= 0.3 is 0 Å². The number of fused-ring (bicyclic) bond motifs is 1. The van der Waals surface area contributed by atoms with E-state index in [2.05, 4.69) is 10.3 Å². The predicted molar refractivity (Wildman–Crippen MR) is 128 cm³/mol. The number of rotatable bonds is 7. The topological polar surface area (TPSA) is 79.4 Å².